The van der Waals surface area contributed by atoms with Crippen molar-refractivity contribution in [2.75, 3.05) is 11.9 Å². The van der Waals surface area contributed by atoms with Crippen LogP contribution in [0.1, 0.15) is 36.9 Å². The van der Waals surface area contributed by atoms with E-state index in [2.05, 4.69) is 21.2 Å². The number of nitrogens with zero attached hydrogens (tertiary/aromatic N) is 1. The number of hydrogen-bond donors (Lipinski definition) is 3. The van der Waals surface area contributed by atoms with E-state index in [1.54, 1.807) is 25.1 Å². The molecule has 2 heterocycles. The lowest BCUT2D eigenvalue weighted by Gasteiger charge is -2.38. The summed E-state index contributed by atoms with van der Waals surface area (Å²) >= 11 is 11.6. The van der Waals surface area contributed by atoms with Crippen molar-refractivity contribution in [3.63, 3.8) is 0 Å². The molecule has 0 aliphatic carbocycles. The zero-order chi connectivity index (χ0) is 27.3. The van der Waals surface area contributed by atoms with Crippen LogP contribution in [0.4, 0.5) is 19.3 Å². The summed E-state index contributed by atoms with van der Waals surface area (Å²) in [6.07, 6.45) is -0.0522. The third kappa shape index (κ3) is 5.74. The number of carbonyl (C=O) groups is 2. The minimum absolute atomic E-state index is 0.195. The molecule has 0 radical (unpaired) electrons. The third-order valence-corrected chi connectivity index (χ3v) is 6.69. The monoisotopic (exact) mass is 560 g/mol. The standard InChI is InChI=1S/C21H19ClF2N4O3.C6H5Cl/c1-2-31-20(30)28-27-17-7-8-21(13-5-4-12(22)10-16(13)25-19(21)29)18(26-17)11-3-6-14(23)15(24)9-11;7-6-4-2-1-3-5-6/h3-6,9-10,18H,2,7-8H2,1H3,(H,25,29)(H,26,27)(H,28,30);1-5H/t18?,21-;/m1./s1. The van der Waals surface area contributed by atoms with E-state index in [4.69, 9.17) is 27.9 Å². The molecule has 1 spiro atoms. The number of anilines is 1. The van der Waals surface area contributed by atoms with E-state index in [9.17, 15) is 18.4 Å². The van der Waals surface area contributed by atoms with E-state index in [1.807, 2.05) is 30.3 Å². The predicted molar refractivity (Wildman–Crippen MR) is 142 cm³/mol. The first-order chi connectivity index (χ1) is 18.2. The molecule has 0 aromatic heterocycles. The molecule has 2 atom stereocenters. The molecule has 2 aliphatic rings. The number of hydrogen-bond acceptors (Lipinski definition) is 5. The summed E-state index contributed by atoms with van der Waals surface area (Å²) in [4.78, 5) is 29.4. The number of halogens is 4. The molecule has 0 saturated carbocycles. The van der Waals surface area contributed by atoms with Gasteiger partial charge in [0.05, 0.1) is 12.6 Å². The Morgan fingerprint density at radius 1 is 1.08 bits per heavy atom. The Balaban J connectivity index is 0.000000417. The number of amidine groups is 1. The predicted octanol–water partition coefficient (Wildman–Crippen LogP) is 6.33. The highest BCUT2D eigenvalue weighted by Crippen LogP contribution is 2.53. The van der Waals surface area contributed by atoms with E-state index in [0.717, 1.165) is 17.2 Å². The fourth-order valence-electron chi connectivity index (χ4n) is 4.51. The molecule has 2 aliphatic heterocycles. The minimum atomic E-state index is -1.14. The fourth-order valence-corrected chi connectivity index (χ4v) is 4.83. The van der Waals surface area contributed by atoms with Crippen LogP contribution < -0.4 is 16.2 Å². The maximum absolute atomic E-state index is 14.1. The van der Waals surface area contributed by atoms with Crippen LogP contribution in [-0.4, -0.2) is 24.4 Å². The van der Waals surface area contributed by atoms with Gasteiger partial charge in [-0.15, -0.1) is 0 Å². The van der Waals surface area contributed by atoms with Crippen LogP contribution in [0.25, 0.3) is 0 Å². The molecule has 0 bridgehead atoms. The van der Waals surface area contributed by atoms with Gasteiger partial charge in [0.2, 0.25) is 5.91 Å². The third-order valence-electron chi connectivity index (χ3n) is 6.20. The lowest BCUT2D eigenvalue weighted by atomic mass is 9.68. The van der Waals surface area contributed by atoms with Crippen molar-refractivity contribution in [3.8, 4) is 0 Å². The van der Waals surface area contributed by atoms with Crippen molar-refractivity contribution in [1.29, 1.82) is 0 Å². The summed E-state index contributed by atoms with van der Waals surface area (Å²) in [5.41, 5.74) is 5.48. The Morgan fingerprint density at radius 2 is 1.84 bits per heavy atom. The topological polar surface area (TPSA) is 91.8 Å². The first kappa shape index (κ1) is 27.3. The first-order valence-corrected chi connectivity index (χ1v) is 12.5. The highest BCUT2D eigenvalue weighted by Gasteiger charge is 2.54. The van der Waals surface area contributed by atoms with Gasteiger partial charge in [0, 0.05) is 22.2 Å². The van der Waals surface area contributed by atoms with E-state index in [-0.39, 0.29) is 12.5 Å². The van der Waals surface area contributed by atoms with E-state index < -0.39 is 29.2 Å². The number of ether oxygens (including phenoxy) is 1. The molecule has 2 amide bonds. The fraction of sp³-hybridized carbons (Fsp3) is 0.222. The number of hydrazine groups is 1. The van der Waals surface area contributed by atoms with E-state index in [1.165, 1.54) is 6.07 Å². The maximum Gasteiger partial charge on any atom is 0.425 e. The van der Waals surface area contributed by atoms with Crippen molar-refractivity contribution in [3.05, 3.63) is 99.5 Å². The second kappa shape index (κ2) is 11.8. The van der Waals surface area contributed by atoms with Gasteiger partial charge in [0.25, 0.3) is 0 Å². The lowest BCUT2D eigenvalue weighted by Crippen LogP contribution is -2.48. The molecule has 3 aromatic carbocycles. The molecular formula is C27H24Cl2F2N4O3. The van der Waals surface area contributed by atoms with Crippen LogP contribution in [-0.2, 0) is 14.9 Å². The summed E-state index contributed by atoms with van der Waals surface area (Å²) in [6, 6.07) is 17.1. The molecule has 5 rings (SSSR count). The van der Waals surface area contributed by atoms with Crippen molar-refractivity contribution in [2.45, 2.75) is 31.2 Å². The molecular weight excluding hydrogens is 537 g/mol. The van der Waals surface area contributed by atoms with Crippen LogP contribution in [0.3, 0.4) is 0 Å². The van der Waals surface area contributed by atoms with E-state index in [0.29, 0.717) is 40.5 Å². The Kier molecular flexibility index (Phi) is 8.48. The largest absolute Gasteiger partial charge is 0.449 e. The Morgan fingerprint density at radius 3 is 2.50 bits per heavy atom. The number of fused-ring (bicyclic) bond motifs is 2. The summed E-state index contributed by atoms with van der Waals surface area (Å²) in [5, 5.41) is 4.09. The highest BCUT2D eigenvalue weighted by molar-refractivity contribution is 6.31. The number of nitrogens with one attached hydrogen (secondary N) is 3. The molecule has 0 saturated heterocycles. The van der Waals surface area contributed by atoms with Gasteiger partial charge in [-0.3, -0.25) is 15.2 Å². The first-order valence-electron chi connectivity index (χ1n) is 11.8. The maximum atomic E-state index is 14.1. The average molecular weight is 561 g/mol. The molecule has 11 heteroatoms. The van der Waals surface area contributed by atoms with Gasteiger partial charge in [-0.05, 0) is 60.9 Å². The minimum Gasteiger partial charge on any atom is -0.449 e. The van der Waals surface area contributed by atoms with Gasteiger partial charge in [0.1, 0.15) is 11.3 Å². The summed E-state index contributed by atoms with van der Waals surface area (Å²) < 4.78 is 32.4. The average Bonchev–Trinajstić information content (AvgIpc) is 3.16. The van der Waals surface area contributed by atoms with Crippen molar-refractivity contribution >= 4 is 46.7 Å². The van der Waals surface area contributed by atoms with Gasteiger partial charge in [-0.2, -0.15) is 0 Å². The van der Waals surface area contributed by atoms with Gasteiger partial charge < -0.3 is 10.1 Å². The van der Waals surface area contributed by atoms with Crippen LogP contribution in [0.2, 0.25) is 10.0 Å². The van der Waals surface area contributed by atoms with Gasteiger partial charge in [0.15, 0.2) is 11.6 Å². The smallest absolute Gasteiger partial charge is 0.425 e. The van der Waals surface area contributed by atoms with Gasteiger partial charge in [-0.1, -0.05) is 53.5 Å². The summed E-state index contributed by atoms with van der Waals surface area (Å²) in [6.45, 7) is 1.86. The Hall–Kier alpha value is -3.69. The number of carbonyl (C=O) groups excluding carboxylic acids is 2. The van der Waals surface area contributed by atoms with Gasteiger partial charge in [-0.25, -0.2) is 19.0 Å². The second-order valence-electron chi connectivity index (χ2n) is 8.53. The van der Waals surface area contributed by atoms with Crippen LogP contribution in [0, 0.1) is 11.6 Å². The molecule has 1 unspecified atom stereocenters. The van der Waals surface area contributed by atoms with Crippen LogP contribution >= 0.6 is 23.2 Å². The molecule has 0 fully saturated rings. The number of aliphatic imine (C=N–C) groups is 1. The molecule has 198 valence electrons. The Bertz CT molecular complexity index is 1370. The summed E-state index contributed by atoms with van der Waals surface area (Å²) in [7, 11) is 0. The quantitative estimate of drug-likeness (QED) is 0.319. The Labute approximate surface area is 228 Å². The number of benzene rings is 3. The second-order valence-corrected chi connectivity index (χ2v) is 9.41. The van der Waals surface area contributed by atoms with Crippen molar-refractivity contribution < 1.29 is 23.1 Å². The van der Waals surface area contributed by atoms with Gasteiger partial charge >= 0.3 is 6.09 Å². The molecule has 7 nitrogen and oxygen atoms in total. The zero-order valence-corrected chi connectivity index (χ0v) is 21.7. The van der Waals surface area contributed by atoms with Crippen molar-refractivity contribution in [1.82, 2.24) is 10.9 Å². The van der Waals surface area contributed by atoms with Crippen LogP contribution in [0.5, 0.6) is 0 Å². The highest BCUT2D eigenvalue weighted by atomic mass is 35.5. The summed E-state index contributed by atoms with van der Waals surface area (Å²) in [5.74, 6) is -1.96. The molecule has 3 N–H and O–H groups in total. The molecule has 3 aromatic rings. The van der Waals surface area contributed by atoms with E-state index >= 15 is 0 Å². The normalized spacial score (nSPS) is 19.4. The van der Waals surface area contributed by atoms with Crippen LogP contribution in [0.15, 0.2) is 71.7 Å². The number of rotatable bonds is 2. The van der Waals surface area contributed by atoms with Crippen molar-refractivity contribution in [2.24, 2.45) is 4.99 Å². The zero-order valence-electron chi connectivity index (χ0n) is 20.2. The lowest BCUT2D eigenvalue weighted by molar-refractivity contribution is -0.122. The number of amides is 2. The molecule has 38 heavy (non-hydrogen) atoms. The SMILES string of the molecule is CCOC(=O)NNC1=NC(c2ccc(F)c(F)c2)[C@]2(CC1)C(=O)Nc1cc(Cl)ccc12.Clc1ccccc1.